The molecule has 1 N–H and O–H groups in total. The van der Waals surface area contributed by atoms with Crippen LogP contribution in [-0.2, 0) is 14.9 Å². The third-order valence-corrected chi connectivity index (χ3v) is 8.08. The maximum absolute atomic E-state index is 12.7. The van der Waals surface area contributed by atoms with Crippen LogP contribution in [0.25, 0.3) is 11.3 Å². The number of aromatic nitrogens is 2. The molecule has 3 heterocycles. The number of benzene rings is 1. The van der Waals surface area contributed by atoms with Crippen molar-refractivity contribution in [3.8, 4) is 11.3 Å². The van der Waals surface area contributed by atoms with E-state index in [9.17, 15) is 13.2 Å². The van der Waals surface area contributed by atoms with Gasteiger partial charge < -0.3 is 9.30 Å². The number of hydrogen-bond donors (Lipinski definition) is 1. The van der Waals surface area contributed by atoms with E-state index in [2.05, 4.69) is 38.5 Å². The molecule has 31 heavy (non-hydrogen) atoms. The molecule has 1 aliphatic carbocycles. The van der Waals surface area contributed by atoms with Crippen LogP contribution in [0.15, 0.2) is 36.8 Å². The summed E-state index contributed by atoms with van der Waals surface area (Å²) in [5.74, 6) is 1.02. The lowest BCUT2D eigenvalue weighted by Crippen LogP contribution is -2.44. The molecule has 166 valence electrons. The molecule has 0 bridgehead atoms. The molecule has 3 aliphatic rings. The van der Waals surface area contributed by atoms with Crippen molar-refractivity contribution in [1.29, 1.82) is 0 Å². The van der Waals surface area contributed by atoms with Gasteiger partial charge in [0.25, 0.3) is 0 Å². The molecule has 1 aromatic carbocycles. The number of imidazole rings is 1. The van der Waals surface area contributed by atoms with Crippen molar-refractivity contribution in [2.45, 2.75) is 45.3 Å². The molecule has 0 spiro atoms. The smallest absolute Gasteiger partial charge is 0.422 e. The first-order chi connectivity index (χ1) is 14.6. The molecule has 9 heteroatoms. The summed E-state index contributed by atoms with van der Waals surface area (Å²) >= 11 is 0. The van der Waals surface area contributed by atoms with Gasteiger partial charge in [-0.25, -0.2) is 14.5 Å². The van der Waals surface area contributed by atoms with Crippen LogP contribution in [-0.4, -0.2) is 47.1 Å². The predicted molar refractivity (Wildman–Crippen MR) is 115 cm³/mol. The Balaban J connectivity index is 1.27. The average Bonchev–Trinajstić information content (AvgIpc) is 3.38. The maximum atomic E-state index is 12.7. The SMILES string of the molecule is CC(C)(C)OC(=O)NS(=O)(=O)N1CC2CC(C3c4ccccc4-c4cncn43)CC2C1. The Morgan fingerprint density at radius 1 is 1.13 bits per heavy atom. The standard InChI is InChI=1S/C22H28N4O4S/c1-22(2,3)30-21(27)24-31(28,29)25-11-15-8-14(9-16(15)12-25)20-18-7-5-4-6-17(18)19-10-23-13-26(19)20/h4-7,10,13-16,20H,8-9,11-12H2,1-3H3,(H,24,27). The van der Waals surface area contributed by atoms with Crippen molar-refractivity contribution in [2.24, 2.45) is 17.8 Å². The van der Waals surface area contributed by atoms with Crippen LogP contribution >= 0.6 is 0 Å². The van der Waals surface area contributed by atoms with Gasteiger partial charge in [-0.2, -0.15) is 12.7 Å². The zero-order valence-corrected chi connectivity index (χ0v) is 18.8. The summed E-state index contributed by atoms with van der Waals surface area (Å²) in [4.78, 5) is 16.3. The molecule has 1 saturated heterocycles. The van der Waals surface area contributed by atoms with Gasteiger partial charge in [0, 0.05) is 18.7 Å². The van der Waals surface area contributed by atoms with Crippen LogP contribution in [0.5, 0.6) is 0 Å². The lowest BCUT2D eigenvalue weighted by molar-refractivity contribution is 0.0567. The number of rotatable bonds is 3. The van der Waals surface area contributed by atoms with Crippen molar-refractivity contribution < 1.29 is 17.9 Å². The van der Waals surface area contributed by atoms with Gasteiger partial charge in [0.05, 0.1) is 24.3 Å². The minimum absolute atomic E-state index is 0.254. The largest absolute Gasteiger partial charge is 0.443 e. The van der Waals surface area contributed by atoms with Crippen molar-refractivity contribution >= 4 is 16.3 Å². The molecule has 3 atom stereocenters. The van der Waals surface area contributed by atoms with E-state index < -0.39 is 21.9 Å². The molecule has 0 radical (unpaired) electrons. The highest BCUT2D eigenvalue weighted by atomic mass is 32.2. The van der Waals surface area contributed by atoms with E-state index in [-0.39, 0.29) is 6.04 Å². The van der Waals surface area contributed by atoms with Crippen LogP contribution in [0.3, 0.4) is 0 Å². The van der Waals surface area contributed by atoms with E-state index >= 15 is 0 Å². The molecule has 8 nitrogen and oxygen atoms in total. The van der Waals surface area contributed by atoms with Gasteiger partial charge in [0.2, 0.25) is 0 Å². The molecule has 5 rings (SSSR count). The molecular weight excluding hydrogens is 416 g/mol. The molecule has 2 aromatic rings. The Bertz CT molecular complexity index is 1110. The Kier molecular flexibility index (Phi) is 4.67. The topological polar surface area (TPSA) is 93.5 Å². The number of amides is 1. The Hall–Kier alpha value is -2.39. The fraction of sp³-hybridized carbons (Fsp3) is 0.545. The van der Waals surface area contributed by atoms with Crippen LogP contribution in [0, 0.1) is 17.8 Å². The third kappa shape index (κ3) is 3.63. The van der Waals surface area contributed by atoms with Crippen molar-refractivity contribution in [2.75, 3.05) is 13.1 Å². The zero-order valence-electron chi connectivity index (χ0n) is 18.0. The summed E-state index contributed by atoms with van der Waals surface area (Å²) in [7, 11) is -3.90. The Morgan fingerprint density at radius 2 is 1.81 bits per heavy atom. The van der Waals surface area contributed by atoms with E-state index in [1.807, 2.05) is 12.5 Å². The number of fused-ring (bicyclic) bond motifs is 4. The normalized spacial score (nSPS) is 27.6. The van der Waals surface area contributed by atoms with E-state index in [1.54, 1.807) is 20.8 Å². The summed E-state index contributed by atoms with van der Waals surface area (Å²) in [5.41, 5.74) is 2.98. The first-order valence-corrected chi connectivity index (χ1v) is 12.2. The second kappa shape index (κ2) is 7.06. The highest BCUT2D eigenvalue weighted by Crippen LogP contribution is 2.52. The van der Waals surface area contributed by atoms with Crippen LogP contribution in [0.4, 0.5) is 4.79 Å². The van der Waals surface area contributed by atoms with Gasteiger partial charge >= 0.3 is 16.3 Å². The zero-order chi connectivity index (χ0) is 22.0. The van der Waals surface area contributed by atoms with Crippen LogP contribution in [0.2, 0.25) is 0 Å². The first-order valence-electron chi connectivity index (χ1n) is 10.7. The molecule has 1 aromatic heterocycles. The number of carbonyl (C=O) groups is 1. The van der Waals surface area contributed by atoms with E-state index in [0.717, 1.165) is 18.5 Å². The van der Waals surface area contributed by atoms with E-state index in [4.69, 9.17) is 4.74 Å². The summed E-state index contributed by atoms with van der Waals surface area (Å²) in [6.45, 7) is 5.97. The summed E-state index contributed by atoms with van der Waals surface area (Å²) < 4.78 is 36.2. The highest BCUT2D eigenvalue weighted by molar-refractivity contribution is 7.87. The van der Waals surface area contributed by atoms with Crippen molar-refractivity contribution in [1.82, 2.24) is 18.6 Å². The lowest BCUT2D eigenvalue weighted by Gasteiger charge is -2.25. The summed E-state index contributed by atoms with van der Waals surface area (Å²) in [6.07, 6.45) is 4.82. The fourth-order valence-electron chi connectivity index (χ4n) is 5.58. The molecule has 3 unspecified atom stereocenters. The van der Waals surface area contributed by atoms with Crippen molar-refractivity contribution in [3.63, 3.8) is 0 Å². The van der Waals surface area contributed by atoms with Gasteiger partial charge in [-0.05, 0) is 56.9 Å². The van der Waals surface area contributed by atoms with Crippen LogP contribution < -0.4 is 4.72 Å². The number of carbonyl (C=O) groups excluding carboxylic acids is 1. The molecular formula is C22H28N4O4S. The quantitative estimate of drug-likeness (QED) is 0.785. The Labute approximate surface area is 182 Å². The monoisotopic (exact) mass is 444 g/mol. The summed E-state index contributed by atoms with van der Waals surface area (Å²) in [6, 6.07) is 8.74. The maximum Gasteiger partial charge on any atom is 0.422 e. The van der Waals surface area contributed by atoms with Crippen molar-refractivity contribution in [3.05, 3.63) is 42.4 Å². The van der Waals surface area contributed by atoms with Gasteiger partial charge in [-0.1, -0.05) is 24.3 Å². The van der Waals surface area contributed by atoms with Gasteiger partial charge in [0.15, 0.2) is 0 Å². The number of hydrogen-bond acceptors (Lipinski definition) is 5. The van der Waals surface area contributed by atoms with Crippen LogP contribution in [0.1, 0.15) is 45.2 Å². The lowest BCUT2D eigenvalue weighted by atomic mass is 9.90. The number of nitrogens with one attached hydrogen (secondary N) is 1. The second-order valence-corrected chi connectivity index (χ2v) is 11.6. The molecule has 2 fully saturated rings. The average molecular weight is 445 g/mol. The van der Waals surface area contributed by atoms with E-state index in [1.165, 1.54) is 15.4 Å². The first kappa shape index (κ1) is 20.5. The predicted octanol–water partition coefficient (Wildman–Crippen LogP) is 3.18. The number of nitrogens with zero attached hydrogens (tertiary/aromatic N) is 3. The number of ether oxygens (including phenoxy) is 1. The highest BCUT2D eigenvalue weighted by Gasteiger charge is 2.48. The minimum Gasteiger partial charge on any atom is -0.443 e. The molecule has 2 aliphatic heterocycles. The Morgan fingerprint density at radius 3 is 2.48 bits per heavy atom. The fourth-order valence-corrected chi connectivity index (χ4v) is 6.74. The second-order valence-electron chi connectivity index (χ2n) is 9.90. The summed E-state index contributed by atoms with van der Waals surface area (Å²) in [5, 5.41) is 0. The van der Waals surface area contributed by atoms with Gasteiger partial charge in [0.1, 0.15) is 5.60 Å². The molecule has 1 saturated carbocycles. The third-order valence-electron chi connectivity index (χ3n) is 6.67. The van der Waals surface area contributed by atoms with Gasteiger partial charge in [-0.3, -0.25) is 0 Å². The van der Waals surface area contributed by atoms with E-state index in [0.29, 0.717) is 30.8 Å². The molecule has 1 amide bonds. The minimum atomic E-state index is -3.90. The van der Waals surface area contributed by atoms with Gasteiger partial charge in [-0.15, -0.1) is 0 Å².